The van der Waals surface area contributed by atoms with Crippen molar-refractivity contribution < 1.29 is 30.2 Å². The third-order valence-corrected chi connectivity index (χ3v) is 8.26. The summed E-state index contributed by atoms with van der Waals surface area (Å²) in [5, 5.41) is 6.65. The third kappa shape index (κ3) is 5.58. The molecule has 0 fully saturated rings. The van der Waals surface area contributed by atoms with Crippen LogP contribution in [-0.4, -0.2) is 25.1 Å². The molecule has 0 aliphatic rings. The number of hydrogen-bond acceptors (Lipinski definition) is 4. The first-order valence-corrected chi connectivity index (χ1v) is 15.0. The molecule has 0 N–H and O–H groups in total. The Morgan fingerprint density at radius 1 is 0.886 bits per heavy atom. The van der Waals surface area contributed by atoms with Crippen LogP contribution in [0.4, 0.5) is 4.39 Å². The summed E-state index contributed by atoms with van der Waals surface area (Å²) in [5.74, 6) is 2.22. The number of benzene rings is 4. The molecule has 0 radical (unpaired) electrons. The van der Waals surface area contributed by atoms with Crippen LogP contribution >= 0.6 is 11.8 Å². The van der Waals surface area contributed by atoms with Gasteiger partial charge in [-0.2, -0.15) is 17.2 Å². The number of halogens is 1. The van der Waals surface area contributed by atoms with Crippen molar-refractivity contribution in [2.24, 2.45) is 0 Å². The van der Waals surface area contributed by atoms with Crippen LogP contribution in [0, 0.1) is 31.8 Å². The van der Waals surface area contributed by atoms with Gasteiger partial charge in [0.2, 0.25) is 0 Å². The van der Waals surface area contributed by atoms with Gasteiger partial charge in [-0.15, -0.1) is 47.5 Å². The number of ether oxygens (including phenoxy) is 1. The summed E-state index contributed by atoms with van der Waals surface area (Å²) < 4.78 is 24.2. The summed E-state index contributed by atoms with van der Waals surface area (Å²) >= 11 is 1.85. The van der Waals surface area contributed by atoms with E-state index < -0.39 is 0 Å². The summed E-state index contributed by atoms with van der Waals surface area (Å²) in [6.07, 6.45) is 5.39. The molecular weight excluding hydrogens is 751 g/mol. The van der Waals surface area contributed by atoms with Crippen molar-refractivity contribution in [3.8, 4) is 34.1 Å². The Kier molecular flexibility index (Phi) is 8.44. The van der Waals surface area contributed by atoms with Gasteiger partial charge in [0.25, 0.3) is 0 Å². The number of pyridine rings is 1. The van der Waals surface area contributed by atoms with Gasteiger partial charge >= 0.3 is 21.1 Å². The van der Waals surface area contributed by atoms with Crippen LogP contribution in [0.3, 0.4) is 0 Å². The van der Waals surface area contributed by atoms with Crippen molar-refractivity contribution in [1.29, 1.82) is 0 Å². The molecule has 7 aromatic rings. The topological polar surface area (TPSA) is 44.9 Å². The van der Waals surface area contributed by atoms with Crippen LogP contribution < -0.4 is 4.74 Å². The molecule has 8 heteroatoms. The minimum atomic E-state index is -0.352. The number of fused-ring (bicyclic) bond motifs is 3. The maximum Gasteiger partial charge on any atom is 2.00 e. The second kappa shape index (κ2) is 12.4. The van der Waals surface area contributed by atoms with Crippen molar-refractivity contribution in [2.75, 3.05) is 5.75 Å². The largest absolute Gasteiger partial charge is 2.00 e. The number of aromatic nitrogens is 4. The maximum atomic E-state index is 14.2. The van der Waals surface area contributed by atoms with Crippen molar-refractivity contribution in [2.45, 2.75) is 25.7 Å². The van der Waals surface area contributed by atoms with Gasteiger partial charge in [0.05, 0.1) is 6.20 Å². The first kappa shape index (κ1) is 29.9. The standard InChI is InChI=1S/C36H27FN4OS.Pt/c1-4-43-30-16-23(2)36(24(3)17-30)25-21-39-40(22-25)27-8-7-9-28(19-27)42-29-12-13-32-31-10-5-6-11-33(31)41(34(32)20-29)35-18-26(37)14-15-38-35;/h5-18,21-22H,4H2,1-3H3;/q-2;+2. The van der Waals surface area contributed by atoms with Crippen molar-refractivity contribution in [3.05, 3.63) is 127 Å². The van der Waals surface area contributed by atoms with Gasteiger partial charge in [-0.3, -0.25) is 4.68 Å². The zero-order chi connectivity index (χ0) is 29.5. The Labute approximate surface area is 274 Å². The predicted octanol–water partition coefficient (Wildman–Crippen LogP) is 9.29. The average molecular weight is 778 g/mol. The van der Waals surface area contributed by atoms with E-state index in [1.807, 2.05) is 88.0 Å². The van der Waals surface area contributed by atoms with E-state index in [0.717, 1.165) is 38.8 Å². The summed E-state index contributed by atoms with van der Waals surface area (Å²) in [5.41, 5.74) is 7.14. The molecule has 0 saturated heterocycles. The maximum absolute atomic E-state index is 14.2. The van der Waals surface area contributed by atoms with Crippen LogP contribution in [-0.2, 0) is 21.1 Å². The summed E-state index contributed by atoms with van der Waals surface area (Å²) in [6.45, 7) is 6.47. The van der Waals surface area contributed by atoms with E-state index in [1.54, 1.807) is 0 Å². The quantitative estimate of drug-likeness (QED) is 0.120. The van der Waals surface area contributed by atoms with E-state index in [4.69, 9.17) is 4.74 Å². The van der Waals surface area contributed by atoms with Crippen molar-refractivity contribution in [1.82, 2.24) is 19.3 Å². The molecule has 220 valence electrons. The third-order valence-electron chi connectivity index (χ3n) is 7.40. The minimum Gasteiger partial charge on any atom is -0.509 e. The Morgan fingerprint density at radius 2 is 1.68 bits per heavy atom. The molecular formula is C36H27FN4OPtS. The van der Waals surface area contributed by atoms with Crippen LogP contribution in [0.15, 0.2) is 102 Å². The van der Waals surface area contributed by atoms with Gasteiger partial charge in [0.1, 0.15) is 11.6 Å². The zero-order valence-electron chi connectivity index (χ0n) is 24.2. The minimum absolute atomic E-state index is 0. The fourth-order valence-corrected chi connectivity index (χ4v) is 6.50. The zero-order valence-corrected chi connectivity index (χ0v) is 27.3. The number of hydrogen-bond donors (Lipinski definition) is 0. The number of thioether (sulfide) groups is 1. The van der Waals surface area contributed by atoms with Gasteiger partial charge in [-0.05, 0) is 71.6 Å². The van der Waals surface area contributed by atoms with Gasteiger partial charge in [0.15, 0.2) is 0 Å². The van der Waals surface area contributed by atoms with E-state index in [0.29, 0.717) is 17.3 Å². The number of nitrogens with zero attached hydrogens (tertiary/aromatic N) is 4. The van der Waals surface area contributed by atoms with Crippen molar-refractivity contribution >= 4 is 33.6 Å². The molecule has 5 nitrogen and oxygen atoms in total. The first-order valence-electron chi connectivity index (χ1n) is 14.1. The summed E-state index contributed by atoms with van der Waals surface area (Å²) in [4.78, 5) is 5.72. The molecule has 0 atom stereocenters. The van der Waals surface area contributed by atoms with Crippen LogP contribution in [0.2, 0.25) is 0 Å². The molecule has 44 heavy (non-hydrogen) atoms. The van der Waals surface area contributed by atoms with E-state index in [-0.39, 0.29) is 26.9 Å². The molecule has 3 aromatic heterocycles. The summed E-state index contributed by atoms with van der Waals surface area (Å²) in [6, 6.07) is 31.6. The van der Waals surface area contributed by atoms with Gasteiger partial charge in [0, 0.05) is 45.9 Å². The van der Waals surface area contributed by atoms with E-state index in [1.165, 1.54) is 39.9 Å². The van der Waals surface area contributed by atoms with Crippen LogP contribution in [0.5, 0.6) is 11.5 Å². The molecule has 3 heterocycles. The number of rotatable bonds is 7. The van der Waals surface area contributed by atoms with Gasteiger partial charge in [-0.1, -0.05) is 30.6 Å². The second-order valence-electron chi connectivity index (χ2n) is 10.3. The molecule has 7 rings (SSSR count). The van der Waals surface area contributed by atoms with Crippen LogP contribution in [0.25, 0.3) is 44.4 Å². The SMILES string of the molecule is CCSc1cc(C)c(-c2cnn(-c3[c-]c(Oc4[c-]c5c(cc4)c4ccccc4n5-c4cc(F)ccn4)ccc3)c2)c(C)c1.[Pt+2]. The first-order chi connectivity index (χ1) is 21.0. The number of aryl methyl sites for hydroxylation is 2. The second-order valence-corrected chi connectivity index (χ2v) is 11.6. The fourth-order valence-electron chi connectivity index (χ4n) is 5.65. The molecule has 0 saturated carbocycles. The molecule has 0 aliphatic heterocycles. The Morgan fingerprint density at radius 3 is 2.48 bits per heavy atom. The Balaban J connectivity index is 0.00000343. The number of para-hydroxylation sites is 1. The normalized spacial score (nSPS) is 11.2. The monoisotopic (exact) mass is 777 g/mol. The Bertz CT molecular complexity index is 2110. The van der Waals surface area contributed by atoms with E-state index >= 15 is 0 Å². The molecule has 0 unspecified atom stereocenters. The van der Waals surface area contributed by atoms with E-state index in [9.17, 15) is 4.39 Å². The van der Waals surface area contributed by atoms with Crippen molar-refractivity contribution in [3.63, 3.8) is 0 Å². The molecule has 4 aromatic carbocycles. The predicted molar refractivity (Wildman–Crippen MR) is 171 cm³/mol. The Hall–Kier alpha value is -4.19. The van der Waals surface area contributed by atoms with Gasteiger partial charge in [-0.25, -0.2) is 9.37 Å². The van der Waals surface area contributed by atoms with Crippen LogP contribution in [0.1, 0.15) is 18.1 Å². The average Bonchev–Trinajstić information content (AvgIpc) is 3.60. The molecule has 0 aliphatic carbocycles. The van der Waals surface area contributed by atoms with Gasteiger partial charge < -0.3 is 9.30 Å². The van der Waals surface area contributed by atoms with E-state index in [2.05, 4.69) is 55.1 Å². The molecule has 0 amide bonds. The molecule has 0 spiro atoms. The molecule has 0 bridgehead atoms. The summed E-state index contributed by atoms with van der Waals surface area (Å²) in [7, 11) is 0. The smallest absolute Gasteiger partial charge is 0.509 e. The fraction of sp³-hybridized carbons (Fsp3) is 0.111.